The maximum atomic E-state index is 12.2. The normalized spacial score (nSPS) is 19.6. The highest BCUT2D eigenvalue weighted by molar-refractivity contribution is 5.79. The summed E-state index contributed by atoms with van der Waals surface area (Å²) >= 11 is 0. The van der Waals surface area contributed by atoms with Crippen molar-refractivity contribution in [2.45, 2.75) is 38.1 Å². The molecule has 0 atom stereocenters. The van der Waals surface area contributed by atoms with Gasteiger partial charge < -0.3 is 15.1 Å². The zero-order valence-electron chi connectivity index (χ0n) is 13.5. The van der Waals surface area contributed by atoms with Crippen molar-refractivity contribution in [3.05, 3.63) is 12.4 Å². The Hall–Kier alpha value is -1.85. The van der Waals surface area contributed by atoms with Gasteiger partial charge in [0.15, 0.2) is 0 Å². The Kier molecular flexibility index (Phi) is 4.45. The molecule has 0 unspecified atom stereocenters. The number of nitrogens with zero attached hydrogens (tertiary/aromatic N) is 4. The first kappa shape index (κ1) is 15.1. The van der Waals surface area contributed by atoms with Gasteiger partial charge in [-0.05, 0) is 25.7 Å². The maximum absolute atomic E-state index is 12.2. The fourth-order valence-electron chi connectivity index (χ4n) is 3.04. The Balaban J connectivity index is 1.51. The summed E-state index contributed by atoms with van der Waals surface area (Å²) in [6, 6.07) is 2.35. The van der Waals surface area contributed by atoms with Gasteiger partial charge in [0.2, 0.25) is 5.91 Å². The lowest BCUT2D eigenvalue weighted by Gasteiger charge is -2.36. The number of carbonyl (C=O) groups is 1. The number of hydrogen-bond donors (Lipinski definition) is 1. The monoisotopic (exact) mass is 303 g/mol. The van der Waals surface area contributed by atoms with Crippen molar-refractivity contribution in [1.29, 1.82) is 0 Å². The number of hydrogen-bond acceptors (Lipinski definition) is 5. The van der Waals surface area contributed by atoms with Crippen molar-refractivity contribution in [1.82, 2.24) is 14.9 Å². The highest BCUT2D eigenvalue weighted by Crippen LogP contribution is 2.29. The summed E-state index contributed by atoms with van der Waals surface area (Å²) in [5.74, 6) is 2.45. The third-order valence-electron chi connectivity index (χ3n) is 4.72. The van der Waals surface area contributed by atoms with Gasteiger partial charge in [-0.3, -0.25) is 4.79 Å². The molecule has 1 aliphatic carbocycles. The Morgan fingerprint density at radius 2 is 1.95 bits per heavy atom. The van der Waals surface area contributed by atoms with E-state index in [2.05, 4.69) is 15.3 Å². The molecule has 6 nitrogen and oxygen atoms in total. The largest absolute Gasteiger partial charge is 0.367 e. The predicted octanol–water partition coefficient (Wildman–Crippen LogP) is 1.75. The minimum atomic E-state index is 0.314. The third kappa shape index (κ3) is 3.31. The van der Waals surface area contributed by atoms with Gasteiger partial charge in [-0.25, -0.2) is 9.97 Å². The van der Waals surface area contributed by atoms with Crippen molar-refractivity contribution in [2.75, 3.05) is 37.4 Å². The van der Waals surface area contributed by atoms with E-state index in [4.69, 9.17) is 0 Å². The van der Waals surface area contributed by atoms with Crippen LogP contribution in [0.25, 0.3) is 0 Å². The number of nitrogens with one attached hydrogen (secondary N) is 1. The molecule has 1 saturated heterocycles. The molecule has 6 heteroatoms. The van der Waals surface area contributed by atoms with E-state index >= 15 is 0 Å². The van der Waals surface area contributed by atoms with Crippen molar-refractivity contribution in [2.24, 2.45) is 5.92 Å². The Labute approximate surface area is 131 Å². The molecule has 22 heavy (non-hydrogen) atoms. The first-order chi connectivity index (χ1) is 10.6. The molecule has 120 valence electrons. The van der Waals surface area contributed by atoms with Crippen molar-refractivity contribution in [3.63, 3.8) is 0 Å². The zero-order valence-corrected chi connectivity index (χ0v) is 13.5. The second-order valence-corrected chi connectivity index (χ2v) is 6.53. The Morgan fingerprint density at radius 1 is 1.23 bits per heavy atom. The second-order valence-electron chi connectivity index (χ2n) is 6.53. The van der Waals surface area contributed by atoms with E-state index in [0.29, 0.717) is 17.9 Å². The number of aromatic nitrogens is 2. The SMILES string of the molecule is CN(C)c1cc(NC2CCN(C(=O)C3CCC3)CC2)ncn1. The van der Waals surface area contributed by atoms with E-state index in [1.807, 2.05) is 30.0 Å². The number of piperidine rings is 1. The van der Waals surface area contributed by atoms with Crippen LogP contribution in [0.4, 0.5) is 11.6 Å². The lowest BCUT2D eigenvalue weighted by molar-refractivity contribution is -0.139. The highest BCUT2D eigenvalue weighted by atomic mass is 16.2. The fourth-order valence-corrected chi connectivity index (χ4v) is 3.04. The van der Waals surface area contributed by atoms with Crippen LogP contribution >= 0.6 is 0 Å². The van der Waals surface area contributed by atoms with Gasteiger partial charge in [-0.15, -0.1) is 0 Å². The molecule has 1 aromatic heterocycles. The van der Waals surface area contributed by atoms with Crippen LogP contribution in [0.1, 0.15) is 32.1 Å². The number of carbonyl (C=O) groups excluding carboxylic acids is 1. The van der Waals surface area contributed by atoms with Gasteiger partial charge in [0.1, 0.15) is 18.0 Å². The fraction of sp³-hybridized carbons (Fsp3) is 0.688. The lowest BCUT2D eigenvalue weighted by atomic mass is 9.84. The number of rotatable bonds is 4. The van der Waals surface area contributed by atoms with E-state index in [1.165, 1.54) is 6.42 Å². The maximum Gasteiger partial charge on any atom is 0.225 e. The molecule has 2 aliphatic rings. The van der Waals surface area contributed by atoms with Crippen LogP contribution in [0, 0.1) is 5.92 Å². The molecule has 1 N–H and O–H groups in total. The quantitative estimate of drug-likeness (QED) is 0.918. The van der Waals surface area contributed by atoms with Crippen LogP contribution < -0.4 is 10.2 Å². The molecule has 1 aliphatic heterocycles. The first-order valence-corrected chi connectivity index (χ1v) is 8.18. The van der Waals surface area contributed by atoms with E-state index in [1.54, 1.807) is 6.33 Å². The molecular weight excluding hydrogens is 278 g/mol. The molecule has 0 bridgehead atoms. The topological polar surface area (TPSA) is 61.4 Å². The minimum absolute atomic E-state index is 0.314. The van der Waals surface area contributed by atoms with Gasteiger partial charge in [0.05, 0.1) is 0 Å². The molecule has 0 aromatic carbocycles. The van der Waals surface area contributed by atoms with Gasteiger partial charge in [0.25, 0.3) is 0 Å². The van der Waals surface area contributed by atoms with Crippen LogP contribution in [-0.4, -0.2) is 54.0 Å². The van der Waals surface area contributed by atoms with E-state index < -0.39 is 0 Å². The predicted molar refractivity (Wildman–Crippen MR) is 86.9 cm³/mol. The third-order valence-corrected chi connectivity index (χ3v) is 4.72. The molecule has 0 spiro atoms. The second kappa shape index (κ2) is 6.50. The number of amides is 1. The molecule has 2 heterocycles. The summed E-state index contributed by atoms with van der Waals surface area (Å²) in [6.45, 7) is 1.72. The number of likely N-dealkylation sites (tertiary alicyclic amines) is 1. The molecular formula is C16H25N5O. The summed E-state index contributed by atoms with van der Waals surface area (Å²) < 4.78 is 0. The van der Waals surface area contributed by atoms with Crippen molar-refractivity contribution in [3.8, 4) is 0 Å². The minimum Gasteiger partial charge on any atom is -0.367 e. The summed E-state index contributed by atoms with van der Waals surface area (Å²) in [6.07, 6.45) is 6.96. The van der Waals surface area contributed by atoms with Crippen LogP contribution in [-0.2, 0) is 4.79 Å². The first-order valence-electron chi connectivity index (χ1n) is 8.18. The van der Waals surface area contributed by atoms with Gasteiger partial charge in [-0.2, -0.15) is 0 Å². The van der Waals surface area contributed by atoms with Gasteiger partial charge in [0, 0.05) is 45.2 Å². The highest BCUT2D eigenvalue weighted by Gasteiger charge is 2.31. The van der Waals surface area contributed by atoms with E-state index in [-0.39, 0.29) is 0 Å². The van der Waals surface area contributed by atoms with Gasteiger partial charge in [-0.1, -0.05) is 6.42 Å². The van der Waals surface area contributed by atoms with Gasteiger partial charge >= 0.3 is 0 Å². The van der Waals surface area contributed by atoms with E-state index in [0.717, 1.165) is 50.4 Å². The molecule has 0 radical (unpaired) electrons. The Bertz CT molecular complexity index is 521. The van der Waals surface area contributed by atoms with Crippen LogP contribution in [0.15, 0.2) is 12.4 Å². The zero-order chi connectivity index (χ0) is 15.5. The molecule has 2 fully saturated rings. The number of anilines is 2. The molecule has 1 saturated carbocycles. The van der Waals surface area contributed by atoms with Crippen molar-refractivity contribution < 1.29 is 4.79 Å². The standard InChI is InChI=1S/C16H25N5O/c1-20(2)15-10-14(17-11-18-15)19-13-6-8-21(9-7-13)16(22)12-4-3-5-12/h10-13H,3-9H2,1-2H3,(H,17,18,19). The van der Waals surface area contributed by atoms with E-state index in [9.17, 15) is 4.79 Å². The molecule has 1 aromatic rings. The van der Waals surface area contributed by atoms with Crippen LogP contribution in [0.2, 0.25) is 0 Å². The Morgan fingerprint density at radius 3 is 2.55 bits per heavy atom. The lowest BCUT2D eigenvalue weighted by Crippen LogP contribution is -2.46. The summed E-state index contributed by atoms with van der Waals surface area (Å²) in [5.41, 5.74) is 0. The molecule has 3 rings (SSSR count). The average Bonchev–Trinajstić information content (AvgIpc) is 2.46. The summed E-state index contributed by atoms with van der Waals surface area (Å²) in [7, 11) is 3.94. The average molecular weight is 303 g/mol. The van der Waals surface area contributed by atoms with Crippen LogP contribution in [0.3, 0.4) is 0 Å². The van der Waals surface area contributed by atoms with Crippen molar-refractivity contribution >= 4 is 17.5 Å². The summed E-state index contributed by atoms with van der Waals surface area (Å²) in [5, 5.41) is 3.48. The van der Waals surface area contributed by atoms with Crippen LogP contribution in [0.5, 0.6) is 0 Å². The molecule has 1 amide bonds. The smallest absolute Gasteiger partial charge is 0.225 e. The summed E-state index contributed by atoms with van der Waals surface area (Å²) in [4.78, 5) is 24.8.